The Morgan fingerprint density at radius 1 is 1.24 bits per heavy atom. The Labute approximate surface area is 126 Å². The predicted octanol–water partition coefficient (Wildman–Crippen LogP) is 2.58. The van der Waals surface area contributed by atoms with E-state index >= 15 is 0 Å². The molecule has 1 aromatic carbocycles. The van der Waals surface area contributed by atoms with E-state index in [1.54, 1.807) is 7.11 Å². The molecule has 0 amide bonds. The van der Waals surface area contributed by atoms with Crippen LogP contribution in [0.5, 0.6) is 17.2 Å². The van der Waals surface area contributed by atoms with Crippen LogP contribution in [0.25, 0.3) is 0 Å². The molecular formula is C16H25NO4. The lowest BCUT2D eigenvalue weighted by molar-refractivity contribution is 0.125. The van der Waals surface area contributed by atoms with Crippen LogP contribution in [-0.2, 0) is 11.3 Å². The summed E-state index contributed by atoms with van der Waals surface area (Å²) in [6.07, 6.45) is 1.11. The van der Waals surface area contributed by atoms with Crippen LogP contribution in [0.1, 0.15) is 25.8 Å². The van der Waals surface area contributed by atoms with E-state index in [1.807, 2.05) is 12.1 Å². The molecule has 0 spiro atoms. The SMILES string of the molecule is COc1cc(CNCCOCCC(C)C)cc2c1OCO2. The van der Waals surface area contributed by atoms with Crippen molar-refractivity contribution in [2.24, 2.45) is 5.92 Å². The third-order valence-corrected chi connectivity index (χ3v) is 3.31. The molecule has 1 aliphatic heterocycles. The maximum atomic E-state index is 5.57. The van der Waals surface area contributed by atoms with Crippen molar-refractivity contribution in [3.63, 3.8) is 0 Å². The van der Waals surface area contributed by atoms with Gasteiger partial charge in [0.25, 0.3) is 0 Å². The zero-order valence-corrected chi connectivity index (χ0v) is 13.1. The Kier molecular flexibility index (Phi) is 6.14. The molecule has 1 heterocycles. The Bertz CT molecular complexity index is 448. The molecule has 0 fully saturated rings. The number of hydrogen-bond acceptors (Lipinski definition) is 5. The minimum Gasteiger partial charge on any atom is -0.493 e. The van der Waals surface area contributed by atoms with Gasteiger partial charge in [0.05, 0.1) is 13.7 Å². The molecule has 5 nitrogen and oxygen atoms in total. The van der Waals surface area contributed by atoms with Crippen LogP contribution >= 0.6 is 0 Å². The molecular weight excluding hydrogens is 270 g/mol. The molecule has 1 aliphatic rings. The summed E-state index contributed by atoms with van der Waals surface area (Å²) in [5, 5.41) is 3.36. The van der Waals surface area contributed by atoms with Gasteiger partial charge in [-0.25, -0.2) is 0 Å². The first kappa shape index (κ1) is 15.9. The van der Waals surface area contributed by atoms with Crippen molar-refractivity contribution in [3.8, 4) is 17.2 Å². The number of nitrogens with one attached hydrogen (secondary N) is 1. The van der Waals surface area contributed by atoms with Crippen molar-refractivity contribution >= 4 is 0 Å². The molecule has 118 valence electrons. The summed E-state index contributed by atoms with van der Waals surface area (Å²) in [5.41, 5.74) is 1.11. The van der Waals surface area contributed by atoms with Gasteiger partial charge >= 0.3 is 0 Å². The molecule has 21 heavy (non-hydrogen) atoms. The molecule has 2 rings (SSSR count). The Hall–Kier alpha value is -1.46. The zero-order valence-electron chi connectivity index (χ0n) is 13.1. The van der Waals surface area contributed by atoms with Crippen LogP contribution < -0.4 is 19.5 Å². The minimum atomic E-state index is 0.256. The Morgan fingerprint density at radius 2 is 2.10 bits per heavy atom. The van der Waals surface area contributed by atoms with Crippen LogP contribution in [0.2, 0.25) is 0 Å². The van der Waals surface area contributed by atoms with Crippen LogP contribution in [0.4, 0.5) is 0 Å². The number of benzene rings is 1. The van der Waals surface area contributed by atoms with E-state index in [0.717, 1.165) is 49.8 Å². The maximum Gasteiger partial charge on any atom is 0.231 e. The van der Waals surface area contributed by atoms with E-state index in [9.17, 15) is 0 Å². The first-order chi connectivity index (χ1) is 10.2. The second-order valence-corrected chi connectivity index (χ2v) is 5.50. The summed E-state index contributed by atoms with van der Waals surface area (Å²) in [6, 6.07) is 3.96. The van der Waals surface area contributed by atoms with Gasteiger partial charge in [-0.05, 0) is 30.0 Å². The second-order valence-electron chi connectivity index (χ2n) is 5.50. The number of hydrogen-bond donors (Lipinski definition) is 1. The van der Waals surface area contributed by atoms with Gasteiger partial charge in [0.1, 0.15) is 0 Å². The molecule has 0 saturated heterocycles. The predicted molar refractivity (Wildman–Crippen MR) is 81.1 cm³/mol. The van der Waals surface area contributed by atoms with E-state index < -0.39 is 0 Å². The fourth-order valence-corrected chi connectivity index (χ4v) is 2.08. The van der Waals surface area contributed by atoms with Crippen LogP contribution in [0.15, 0.2) is 12.1 Å². The van der Waals surface area contributed by atoms with Crippen molar-refractivity contribution < 1.29 is 18.9 Å². The van der Waals surface area contributed by atoms with Gasteiger partial charge in [-0.1, -0.05) is 13.8 Å². The zero-order chi connectivity index (χ0) is 15.1. The molecule has 1 N–H and O–H groups in total. The van der Waals surface area contributed by atoms with Crippen LogP contribution in [0.3, 0.4) is 0 Å². The van der Waals surface area contributed by atoms with Gasteiger partial charge in [-0.15, -0.1) is 0 Å². The highest BCUT2D eigenvalue weighted by atomic mass is 16.7. The molecule has 0 radical (unpaired) electrons. The van der Waals surface area contributed by atoms with Gasteiger partial charge in [-0.3, -0.25) is 0 Å². The number of rotatable bonds is 9. The van der Waals surface area contributed by atoms with E-state index in [1.165, 1.54) is 0 Å². The van der Waals surface area contributed by atoms with Crippen molar-refractivity contribution in [2.75, 3.05) is 33.7 Å². The quantitative estimate of drug-likeness (QED) is 0.710. The lowest BCUT2D eigenvalue weighted by atomic mass is 10.1. The van der Waals surface area contributed by atoms with Crippen LogP contribution in [-0.4, -0.2) is 33.7 Å². The summed E-state index contributed by atoms with van der Waals surface area (Å²) in [6.45, 7) is 7.80. The van der Waals surface area contributed by atoms with Gasteiger partial charge in [0.2, 0.25) is 12.5 Å². The van der Waals surface area contributed by atoms with Gasteiger partial charge in [0, 0.05) is 19.7 Å². The molecule has 0 aliphatic carbocycles. The van der Waals surface area contributed by atoms with E-state index in [4.69, 9.17) is 18.9 Å². The maximum absolute atomic E-state index is 5.57. The molecule has 0 saturated carbocycles. The largest absolute Gasteiger partial charge is 0.493 e. The monoisotopic (exact) mass is 295 g/mol. The average molecular weight is 295 g/mol. The topological polar surface area (TPSA) is 49.0 Å². The third kappa shape index (κ3) is 4.79. The van der Waals surface area contributed by atoms with E-state index in [2.05, 4.69) is 19.2 Å². The van der Waals surface area contributed by atoms with Crippen LogP contribution in [0, 0.1) is 5.92 Å². The summed E-state index contributed by atoms with van der Waals surface area (Å²) in [5.74, 6) is 2.85. The molecule has 5 heteroatoms. The highest BCUT2D eigenvalue weighted by molar-refractivity contribution is 5.55. The summed E-state index contributed by atoms with van der Waals surface area (Å²) in [7, 11) is 1.64. The first-order valence-corrected chi connectivity index (χ1v) is 7.45. The van der Waals surface area contributed by atoms with Gasteiger partial charge in [0.15, 0.2) is 11.5 Å². The Balaban J connectivity index is 1.71. The highest BCUT2D eigenvalue weighted by Crippen LogP contribution is 2.41. The summed E-state index contributed by atoms with van der Waals surface area (Å²) < 4.78 is 21.7. The lowest BCUT2D eigenvalue weighted by Crippen LogP contribution is -2.19. The number of fused-ring (bicyclic) bond motifs is 1. The van der Waals surface area contributed by atoms with E-state index in [0.29, 0.717) is 11.7 Å². The average Bonchev–Trinajstić information content (AvgIpc) is 2.93. The summed E-state index contributed by atoms with van der Waals surface area (Å²) in [4.78, 5) is 0. The fraction of sp³-hybridized carbons (Fsp3) is 0.625. The lowest BCUT2D eigenvalue weighted by Gasteiger charge is -2.10. The highest BCUT2D eigenvalue weighted by Gasteiger charge is 2.19. The van der Waals surface area contributed by atoms with Crippen molar-refractivity contribution in [3.05, 3.63) is 17.7 Å². The molecule has 0 unspecified atom stereocenters. The molecule has 0 atom stereocenters. The fourth-order valence-electron chi connectivity index (χ4n) is 2.08. The summed E-state index contributed by atoms with van der Waals surface area (Å²) >= 11 is 0. The molecule has 0 bridgehead atoms. The second kappa shape index (κ2) is 8.10. The minimum absolute atomic E-state index is 0.256. The van der Waals surface area contributed by atoms with Crippen molar-refractivity contribution in [1.82, 2.24) is 5.32 Å². The Morgan fingerprint density at radius 3 is 2.86 bits per heavy atom. The van der Waals surface area contributed by atoms with Gasteiger partial charge in [-0.2, -0.15) is 0 Å². The molecule has 0 aromatic heterocycles. The number of methoxy groups -OCH3 is 1. The van der Waals surface area contributed by atoms with Gasteiger partial charge < -0.3 is 24.3 Å². The number of ether oxygens (including phenoxy) is 4. The third-order valence-electron chi connectivity index (χ3n) is 3.31. The smallest absolute Gasteiger partial charge is 0.231 e. The standard InChI is InChI=1S/C16H25NO4/c1-12(2)4-6-19-7-5-17-10-13-8-14(18-3)16-15(9-13)20-11-21-16/h8-9,12,17H,4-7,10-11H2,1-3H3. The van der Waals surface area contributed by atoms with E-state index in [-0.39, 0.29) is 6.79 Å². The van der Waals surface area contributed by atoms with Crippen molar-refractivity contribution in [2.45, 2.75) is 26.8 Å². The van der Waals surface area contributed by atoms with Crippen molar-refractivity contribution in [1.29, 1.82) is 0 Å². The molecule has 1 aromatic rings. The first-order valence-electron chi connectivity index (χ1n) is 7.45. The normalized spacial score (nSPS) is 13.0.